The number of aromatic hydroxyl groups is 1. The Morgan fingerprint density at radius 1 is 0.894 bits per heavy atom. The zero-order chi connectivity index (χ0) is 36.3. The van der Waals surface area contributed by atoms with Crippen LogP contribution in [0.5, 0.6) is 11.5 Å². The molecule has 1 N–H and O–H groups in total. The number of hydrogen-bond donors (Lipinski definition) is 1. The van der Waals surface area contributed by atoms with Crippen LogP contribution in [-0.4, -0.2) is 36.7 Å². The predicted molar refractivity (Wildman–Crippen MR) is 169 cm³/mol. The van der Waals surface area contributed by atoms with Crippen molar-refractivity contribution in [1.82, 2.24) is 0 Å². The topological polar surface area (TPSA) is 72.8 Å². The molecule has 0 fully saturated rings. The third kappa shape index (κ3) is 12.3. The van der Waals surface area contributed by atoms with E-state index in [9.17, 15) is 40.6 Å². The summed E-state index contributed by atoms with van der Waals surface area (Å²) in [5, 5.41) is 10.0. The molecular formula is C34H38BrF7O5. The number of methoxy groups -OCH3 is 2. The summed E-state index contributed by atoms with van der Waals surface area (Å²) >= 11 is 3.19. The van der Waals surface area contributed by atoms with Crippen molar-refractivity contribution in [3.63, 3.8) is 0 Å². The molecule has 0 aliphatic rings. The lowest BCUT2D eigenvalue weighted by atomic mass is 9.91. The van der Waals surface area contributed by atoms with Gasteiger partial charge in [-0.15, -0.1) is 0 Å². The van der Waals surface area contributed by atoms with Crippen molar-refractivity contribution in [3.8, 4) is 22.6 Å². The van der Waals surface area contributed by atoms with E-state index in [-0.39, 0.29) is 28.7 Å². The highest BCUT2D eigenvalue weighted by Gasteiger charge is 2.37. The normalized spacial score (nSPS) is 12.1. The summed E-state index contributed by atoms with van der Waals surface area (Å²) in [7, 11) is 2.71. The Bertz CT molecular complexity index is 1450. The minimum absolute atomic E-state index is 0.000439. The molecule has 0 saturated carbocycles. The van der Waals surface area contributed by atoms with Gasteiger partial charge in [-0.05, 0) is 72.2 Å². The maximum atomic E-state index is 13.6. The Morgan fingerprint density at radius 3 is 1.83 bits per heavy atom. The van der Waals surface area contributed by atoms with Gasteiger partial charge < -0.3 is 19.4 Å². The van der Waals surface area contributed by atoms with Crippen LogP contribution in [0, 0.1) is 17.7 Å². The molecule has 0 saturated heterocycles. The van der Waals surface area contributed by atoms with Crippen LogP contribution in [-0.2, 0) is 28.3 Å². The van der Waals surface area contributed by atoms with E-state index in [4.69, 9.17) is 14.3 Å². The summed E-state index contributed by atoms with van der Waals surface area (Å²) < 4.78 is 100. The van der Waals surface area contributed by atoms with Gasteiger partial charge in [-0.25, -0.2) is 4.39 Å². The second-order valence-corrected chi connectivity index (χ2v) is 11.6. The van der Waals surface area contributed by atoms with E-state index in [0.717, 1.165) is 23.8 Å². The quantitative estimate of drug-likeness (QED) is 0.102. The number of phenolic OH excluding ortho intramolecular Hbond substituents is 1. The van der Waals surface area contributed by atoms with Crippen molar-refractivity contribution in [2.45, 2.75) is 59.5 Å². The molecule has 47 heavy (non-hydrogen) atoms. The average molecular weight is 740 g/mol. The van der Waals surface area contributed by atoms with Gasteiger partial charge in [0.05, 0.1) is 29.7 Å². The second kappa shape index (κ2) is 18.2. The smallest absolute Gasteiger partial charge is 0.416 e. The number of carbonyl (C=O) groups is 2. The van der Waals surface area contributed by atoms with Gasteiger partial charge >= 0.3 is 12.4 Å². The summed E-state index contributed by atoms with van der Waals surface area (Å²) in [6, 6.07) is 9.45. The fraction of sp³-hybridized carbons (Fsp3) is 0.412. The third-order valence-corrected chi connectivity index (χ3v) is 7.04. The molecule has 5 nitrogen and oxygen atoms in total. The summed E-state index contributed by atoms with van der Waals surface area (Å²) in [5.41, 5.74) is 0.212. The number of phenols is 1. The van der Waals surface area contributed by atoms with Crippen molar-refractivity contribution in [1.29, 1.82) is 0 Å². The molecule has 260 valence electrons. The highest BCUT2D eigenvalue weighted by Crippen LogP contribution is 2.40. The van der Waals surface area contributed by atoms with Crippen molar-refractivity contribution in [2.75, 3.05) is 19.5 Å². The van der Waals surface area contributed by atoms with Gasteiger partial charge in [0.1, 0.15) is 12.0 Å². The Hall–Kier alpha value is -3.45. The van der Waals surface area contributed by atoms with Crippen LogP contribution in [0.4, 0.5) is 30.7 Å². The Morgan fingerprint density at radius 2 is 1.43 bits per heavy atom. The highest BCUT2D eigenvalue weighted by molar-refractivity contribution is 9.09. The zero-order valence-corrected chi connectivity index (χ0v) is 28.5. The molecule has 1 unspecified atom stereocenters. The number of ether oxygens (including phenoxy) is 2. The Balaban J connectivity index is 0.000000440. The van der Waals surface area contributed by atoms with Crippen LogP contribution in [0.25, 0.3) is 11.1 Å². The molecular weight excluding hydrogens is 701 g/mol. The Kier molecular flexibility index (Phi) is 16.1. The Labute approximate surface area is 278 Å². The maximum Gasteiger partial charge on any atom is 0.416 e. The molecule has 0 amide bonds. The lowest BCUT2D eigenvalue weighted by Gasteiger charge is -2.22. The standard InChI is InChI=1S/C19H20BrFO3.C13H14F6O.C2H4O/c1-11(2)6-13-7-12(18(23)10-20)4-5-14(13)15-8-17(22)16(21)9-19(15)24-3;1-7(2)11(20-3)8-4-9(12(14,15)16)6-10(5-8)13(17,18)19;1-2-3/h4-5,7-9,11,22H,6,10H2,1-3H3;4-7,11H,1-3H3;2H,1H3. The number of hydrogen-bond acceptors (Lipinski definition) is 5. The molecule has 1 atom stereocenters. The van der Waals surface area contributed by atoms with Crippen LogP contribution < -0.4 is 4.74 Å². The molecule has 0 bridgehead atoms. The van der Waals surface area contributed by atoms with Crippen LogP contribution in [0.15, 0.2) is 48.5 Å². The monoisotopic (exact) mass is 738 g/mol. The number of rotatable bonds is 9. The zero-order valence-electron chi connectivity index (χ0n) is 26.9. The van der Waals surface area contributed by atoms with E-state index < -0.39 is 41.2 Å². The number of ketones is 1. The van der Waals surface area contributed by atoms with E-state index in [0.29, 0.717) is 34.9 Å². The molecule has 0 spiro atoms. The van der Waals surface area contributed by atoms with Gasteiger partial charge in [-0.3, -0.25) is 4.79 Å². The van der Waals surface area contributed by atoms with E-state index >= 15 is 0 Å². The van der Waals surface area contributed by atoms with Crippen LogP contribution in [0.3, 0.4) is 0 Å². The number of alkyl halides is 7. The van der Waals surface area contributed by atoms with Gasteiger partial charge in [-0.1, -0.05) is 55.8 Å². The minimum Gasteiger partial charge on any atom is -0.505 e. The van der Waals surface area contributed by atoms with Gasteiger partial charge in [0.25, 0.3) is 0 Å². The first-order valence-corrected chi connectivity index (χ1v) is 15.4. The summed E-state index contributed by atoms with van der Waals surface area (Å²) in [4.78, 5) is 20.8. The first-order chi connectivity index (χ1) is 21.7. The number of carbonyl (C=O) groups excluding carboxylic acids is 2. The first-order valence-electron chi connectivity index (χ1n) is 14.3. The van der Waals surface area contributed by atoms with Crippen LogP contribution >= 0.6 is 15.9 Å². The van der Waals surface area contributed by atoms with E-state index in [1.807, 2.05) is 12.1 Å². The van der Waals surface area contributed by atoms with Crippen LogP contribution in [0.1, 0.15) is 73.3 Å². The van der Waals surface area contributed by atoms with Crippen molar-refractivity contribution >= 4 is 28.0 Å². The van der Waals surface area contributed by atoms with E-state index in [1.54, 1.807) is 19.9 Å². The summed E-state index contributed by atoms with van der Waals surface area (Å²) in [6.07, 6.45) is -9.02. The molecule has 0 radical (unpaired) electrons. The number of aldehydes is 1. The lowest BCUT2D eigenvalue weighted by molar-refractivity contribution is -0.143. The largest absolute Gasteiger partial charge is 0.505 e. The van der Waals surface area contributed by atoms with Gasteiger partial charge in [0.15, 0.2) is 17.3 Å². The molecule has 13 heteroatoms. The van der Waals surface area contributed by atoms with Crippen LogP contribution in [0.2, 0.25) is 0 Å². The van der Waals surface area contributed by atoms with Crippen molar-refractivity contribution < 1.29 is 54.9 Å². The highest BCUT2D eigenvalue weighted by atomic mass is 79.9. The fourth-order valence-electron chi connectivity index (χ4n) is 4.58. The molecule has 0 aromatic heterocycles. The van der Waals surface area contributed by atoms with E-state index in [2.05, 4.69) is 29.8 Å². The third-order valence-electron chi connectivity index (χ3n) is 6.53. The average Bonchev–Trinajstić information content (AvgIpc) is 2.97. The molecule has 3 aromatic rings. The summed E-state index contributed by atoms with van der Waals surface area (Å²) in [5.74, 6) is -0.702. The lowest BCUT2D eigenvalue weighted by Crippen LogP contribution is -2.15. The van der Waals surface area contributed by atoms with Crippen molar-refractivity contribution in [3.05, 3.63) is 82.2 Å². The molecule has 0 aliphatic carbocycles. The first kappa shape index (κ1) is 41.6. The molecule has 0 heterocycles. The second-order valence-electron chi connectivity index (χ2n) is 11.0. The minimum atomic E-state index is -4.84. The number of halogens is 8. The number of Topliss-reactive ketones (excluding diaryl/α,β-unsaturated/α-hetero) is 1. The maximum absolute atomic E-state index is 13.6. The van der Waals surface area contributed by atoms with E-state index in [1.165, 1.54) is 33.3 Å². The molecule has 0 aliphatic heterocycles. The molecule has 3 aromatic carbocycles. The molecule has 3 rings (SSSR count). The van der Waals surface area contributed by atoms with Gasteiger partial charge in [0.2, 0.25) is 0 Å². The predicted octanol–water partition coefficient (Wildman–Crippen LogP) is 10.3. The summed E-state index contributed by atoms with van der Waals surface area (Å²) in [6.45, 7) is 8.92. The fourth-order valence-corrected chi connectivity index (χ4v) is 4.90. The SMILES string of the molecule is CC=O.COC(c1cc(C(F)(F)F)cc(C(F)(F)F)c1)C(C)C.COc1cc(F)c(O)cc1-c1ccc(C(=O)CBr)cc1CC(C)C. The van der Waals surface area contributed by atoms with Gasteiger partial charge in [0, 0.05) is 24.3 Å². The van der Waals surface area contributed by atoms with Gasteiger partial charge in [-0.2, -0.15) is 26.3 Å². The van der Waals surface area contributed by atoms with Crippen molar-refractivity contribution in [2.24, 2.45) is 11.8 Å². The number of benzene rings is 3.